The van der Waals surface area contributed by atoms with Gasteiger partial charge in [0.05, 0.1) is 24.6 Å². The molecule has 0 aromatic heterocycles. The third-order valence-corrected chi connectivity index (χ3v) is 7.87. The largest absolute Gasteiger partial charge is 0.497 e. The second-order valence-electron chi connectivity index (χ2n) is 10.0. The van der Waals surface area contributed by atoms with Crippen molar-refractivity contribution in [1.29, 1.82) is 0 Å². The van der Waals surface area contributed by atoms with Crippen molar-refractivity contribution in [3.05, 3.63) is 95.6 Å². The molecule has 0 radical (unpaired) electrons. The monoisotopic (exact) mass is 619 g/mol. The number of nitrogens with zero attached hydrogens (tertiary/aromatic N) is 2. The van der Waals surface area contributed by atoms with Crippen LogP contribution in [0, 0.1) is 0 Å². The normalized spacial score (nSPS) is 12.3. The number of hydrogen-bond donors (Lipinski definition) is 1. The van der Waals surface area contributed by atoms with Gasteiger partial charge in [-0.1, -0.05) is 61.9 Å². The van der Waals surface area contributed by atoms with Gasteiger partial charge in [0.15, 0.2) is 0 Å². The third-order valence-electron chi connectivity index (χ3n) is 6.73. The molecule has 2 amide bonds. The SMILES string of the molecule is CCCCNC(=O)C(Cc1ccccc1)N(Cc1cccc(OC)c1)C(=O)CN(c1cccc(C(F)(F)F)c1)S(C)(=O)=O. The van der Waals surface area contributed by atoms with Crippen LogP contribution in [0.25, 0.3) is 0 Å². The van der Waals surface area contributed by atoms with Crippen molar-refractivity contribution in [1.82, 2.24) is 10.2 Å². The molecule has 0 aliphatic carbocycles. The standard InChI is InChI=1S/C31H36F3N3O5S/c1-4-5-17-35-30(39)28(19-23-11-7-6-8-12-23)36(21-24-13-9-16-27(18-24)42-2)29(38)22-37(43(3,40)41)26-15-10-14-25(20-26)31(32,33)34/h6-16,18,20,28H,4-5,17,19,21-22H2,1-3H3,(H,35,39). The summed E-state index contributed by atoms with van der Waals surface area (Å²) in [6, 6.07) is 18.6. The Bertz CT molecular complexity index is 1480. The second-order valence-corrected chi connectivity index (χ2v) is 11.9. The van der Waals surface area contributed by atoms with Gasteiger partial charge in [0.25, 0.3) is 0 Å². The van der Waals surface area contributed by atoms with Crippen LogP contribution in [0.15, 0.2) is 78.9 Å². The molecule has 0 fully saturated rings. The number of rotatable bonds is 14. The van der Waals surface area contributed by atoms with Gasteiger partial charge in [-0.2, -0.15) is 13.2 Å². The Labute approximate surface area is 250 Å². The summed E-state index contributed by atoms with van der Waals surface area (Å²) in [6.45, 7) is 1.44. The van der Waals surface area contributed by atoms with Crippen molar-refractivity contribution < 1.29 is 35.9 Å². The summed E-state index contributed by atoms with van der Waals surface area (Å²) < 4.78 is 72.0. The molecule has 0 aliphatic heterocycles. The molecule has 0 saturated heterocycles. The summed E-state index contributed by atoms with van der Waals surface area (Å²) in [5.41, 5.74) is -0.00729. The van der Waals surface area contributed by atoms with Crippen molar-refractivity contribution in [3.8, 4) is 5.75 Å². The topological polar surface area (TPSA) is 96.0 Å². The van der Waals surface area contributed by atoms with E-state index in [1.807, 2.05) is 25.1 Å². The average Bonchev–Trinajstić information content (AvgIpc) is 2.97. The molecule has 1 unspecified atom stereocenters. The van der Waals surface area contributed by atoms with Crippen LogP contribution < -0.4 is 14.4 Å². The number of anilines is 1. The van der Waals surface area contributed by atoms with E-state index in [1.165, 1.54) is 18.1 Å². The third kappa shape index (κ3) is 9.74. The van der Waals surface area contributed by atoms with Crippen LogP contribution in [-0.2, 0) is 38.8 Å². The Morgan fingerprint density at radius 2 is 1.63 bits per heavy atom. The lowest BCUT2D eigenvalue weighted by Gasteiger charge is -2.33. The fourth-order valence-corrected chi connectivity index (χ4v) is 5.32. The fourth-order valence-electron chi connectivity index (χ4n) is 4.48. The van der Waals surface area contributed by atoms with Crippen LogP contribution in [0.1, 0.15) is 36.5 Å². The minimum atomic E-state index is -4.72. The molecule has 0 bridgehead atoms. The van der Waals surface area contributed by atoms with Crippen LogP contribution >= 0.6 is 0 Å². The van der Waals surface area contributed by atoms with E-state index in [0.29, 0.717) is 34.7 Å². The molecular weight excluding hydrogens is 583 g/mol. The zero-order chi connectivity index (χ0) is 31.6. The van der Waals surface area contributed by atoms with Gasteiger partial charge < -0.3 is 15.0 Å². The molecule has 1 atom stereocenters. The molecule has 0 heterocycles. The maximum atomic E-state index is 14.1. The lowest BCUT2D eigenvalue weighted by molar-refractivity contribution is -0.140. The predicted octanol–water partition coefficient (Wildman–Crippen LogP) is 5.04. The molecule has 3 rings (SSSR count). The minimum Gasteiger partial charge on any atom is -0.497 e. The number of unbranched alkanes of at least 4 members (excludes halogenated alkanes) is 1. The van der Waals surface area contributed by atoms with E-state index in [0.717, 1.165) is 30.4 Å². The van der Waals surface area contributed by atoms with Crippen molar-refractivity contribution in [2.75, 3.05) is 30.8 Å². The first-order valence-electron chi connectivity index (χ1n) is 13.7. The number of alkyl halides is 3. The highest BCUT2D eigenvalue weighted by Crippen LogP contribution is 2.32. The molecule has 43 heavy (non-hydrogen) atoms. The first-order chi connectivity index (χ1) is 20.3. The van der Waals surface area contributed by atoms with Gasteiger partial charge >= 0.3 is 6.18 Å². The van der Waals surface area contributed by atoms with Gasteiger partial charge in [0, 0.05) is 19.5 Å². The maximum Gasteiger partial charge on any atom is 0.416 e. The van der Waals surface area contributed by atoms with Crippen molar-refractivity contribution in [2.24, 2.45) is 0 Å². The predicted molar refractivity (Wildman–Crippen MR) is 159 cm³/mol. The Balaban J connectivity index is 2.07. The smallest absolute Gasteiger partial charge is 0.416 e. The zero-order valence-electron chi connectivity index (χ0n) is 24.3. The first-order valence-corrected chi connectivity index (χ1v) is 15.6. The number of carbonyl (C=O) groups is 2. The summed E-state index contributed by atoms with van der Waals surface area (Å²) in [5.74, 6) is -0.686. The van der Waals surface area contributed by atoms with Gasteiger partial charge in [-0.25, -0.2) is 8.42 Å². The van der Waals surface area contributed by atoms with E-state index in [2.05, 4.69) is 5.32 Å². The molecule has 3 aromatic rings. The molecule has 0 aliphatic rings. The van der Waals surface area contributed by atoms with Crippen LogP contribution in [0.5, 0.6) is 5.75 Å². The lowest BCUT2D eigenvalue weighted by atomic mass is 10.0. The number of ether oxygens (including phenoxy) is 1. The first kappa shape index (κ1) is 33.4. The molecule has 3 aromatic carbocycles. The van der Waals surface area contributed by atoms with Gasteiger partial charge in [-0.15, -0.1) is 0 Å². The van der Waals surface area contributed by atoms with Crippen LogP contribution in [0.3, 0.4) is 0 Å². The van der Waals surface area contributed by atoms with E-state index in [4.69, 9.17) is 4.74 Å². The van der Waals surface area contributed by atoms with Gasteiger partial charge in [0.2, 0.25) is 21.8 Å². The Kier molecular flexibility index (Phi) is 11.6. The number of nitrogens with one attached hydrogen (secondary N) is 1. The fraction of sp³-hybridized carbons (Fsp3) is 0.355. The molecule has 0 saturated carbocycles. The summed E-state index contributed by atoms with van der Waals surface area (Å²) in [6.07, 6.45) is -2.25. The van der Waals surface area contributed by atoms with Crippen molar-refractivity contribution in [3.63, 3.8) is 0 Å². The number of carbonyl (C=O) groups excluding carboxylic acids is 2. The Morgan fingerprint density at radius 3 is 2.26 bits per heavy atom. The number of benzene rings is 3. The van der Waals surface area contributed by atoms with Crippen LogP contribution in [0.2, 0.25) is 0 Å². The number of amides is 2. The highest BCUT2D eigenvalue weighted by atomic mass is 32.2. The minimum absolute atomic E-state index is 0.0884. The molecule has 0 spiro atoms. The summed E-state index contributed by atoms with van der Waals surface area (Å²) >= 11 is 0. The lowest BCUT2D eigenvalue weighted by Crippen LogP contribution is -2.53. The highest BCUT2D eigenvalue weighted by Gasteiger charge is 2.35. The van der Waals surface area contributed by atoms with E-state index in [1.54, 1.807) is 36.4 Å². The van der Waals surface area contributed by atoms with E-state index >= 15 is 0 Å². The molecule has 12 heteroatoms. The molecular formula is C31H36F3N3O5S. The van der Waals surface area contributed by atoms with Crippen LogP contribution in [-0.4, -0.2) is 57.6 Å². The Morgan fingerprint density at radius 1 is 0.953 bits per heavy atom. The summed E-state index contributed by atoms with van der Waals surface area (Å²) in [7, 11) is -2.73. The van der Waals surface area contributed by atoms with Gasteiger partial charge in [0.1, 0.15) is 18.3 Å². The highest BCUT2D eigenvalue weighted by molar-refractivity contribution is 7.92. The maximum absolute atomic E-state index is 14.1. The number of hydrogen-bond acceptors (Lipinski definition) is 5. The summed E-state index contributed by atoms with van der Waals surface area (Å²) in [5, 5.41) is 2.87. The number of sulfonamides is 1. The molecule has 232 valence electrons. The Hall–Kier alpha value is -4.06. The van der Waals surface area contributed by atoms with E-state index in [9.17, 15) is 31.2 Å². The molecule has 8 nitrogen and oxygen atoms in total. The van der Waals surface area contributed by atoms with Gasteiger partial charge in [-0.05, 0) is 47.9 Å². The molecule has 1 N–H and O–H groups in total. The number of halogens is 3. The van der Waals surface area contributed by atoms with Crippen molar-refractivity contribution in [2.45, 2.75) is 44.9 Å². The van der Waals surface area contributed by atoms with E-state index < -0.39 is 46.2 Å². The summed E-state index contributed by atoms with van der Waals surface area (Å²) in [4.78, 5) is 28.9. The number of methoxy groups -OCH3 is 1. The average molecular weight is 620 g/mol. The van der Waals surface area contributed by atoms with Gasteiger partial charge in [-0.3, -0.25) is 13.9 Å². The quantitative estimate of drug-likeness (QED) is 0.255. The van der Waals surface area contributed by atoms with E-state index in [-0.39, 0.29) is 18.7 Å². The van der Waals surface area contributed by atoms with Crippen molar-refractivity contribution >= 4 is 27.5 Å². The second kappa shape index (κ2) is 14.9. The van der Waals surface area contributed by atoms with Crippen LogP contribution in [0.4, 0.5) is 18.9 Å². The zero-order valence-corrected chi connectivity index (χ0v) is 25.1.